The largest absolute Gasteiger partial charge is 0.496 e. The highest BCUT2D eigenvalue weighted by atomic mass is 16.5. The molecule has 0 saturated carbocycles. The van der Waals surface area contributed by atoms with Crippen LogP contribution in [0.25, 0.3) is 11.0 Å². The highest BCUT2D eigenvalue weighted by Gasteiger charge is 2.24. The molecule has 3 rings (SSSR count). The van der Waals surface area contributed by atoms with Crippen LogP contribution in [-0.2, 0) is 17.8 Å². The van der Waals surface area contributed by atoms with E-state index >= 15 is 0 Å². The topological polar surface area (TPSA) is 53.1 Å². The Bertz CT molecular complexity index is 900. The van der Waals surface area contributed by atoms with Crippen LogP contribution in [-0.4, -0.2) is 26.7 Å². The van der Waals surface area contributed by atoms with Crippen molar-refractivity contribution in [1.82, 2.24) is 0 Å². The van der Waals surface area contributed by atoms with Crippen molar-refractivity contribution < 1.29 is 23.6 Å². The molecule has 1 N–H and O–H groups in total. The number of furan rings is 1. The Morgan fingerprint density at radius 3 is 2.58 bits per heavy atom. The standard InChI is InChI=1S/C21H23NO4/c1-4-25-21(23)20-17(16-10-6-8-12-19(16)26-20)14-22(2)13-15-9-5-7-11-18(15)24-3/h5-12H,4,13-14H2,1-3H3/p+1. The second kappa shape index (κ2) is 8.06. The Hall–Kier alpha value is -2.79. The van der Waals surface area contributed by atoms with Crippen molar-refractivity contribution in [1.29, 1.82) is 0 Å². The number of ether oxygens (including phenoxy) is 2. The van der Waals surface area contributed by atoms with E-state index < -0.39 is 5.97 Å². The van der Waals surface area contributed by atoms with Crippen LogP contribution < -0.4 is 9.64 Å². The van der Waals surface area contributed by atoms with E-state index in [2.05, 4.69) is 13.1 Å². The summed E-state index contributed by atoms with van der Waals surface area (Å²) >= 11 is 0. The highest BCUT2D eigenvalue weighted by molar-refractivity contribution is 5.96. The van der Waals surface area contributed by atoms with Crippen LogP contribution in [0.4, 0.5) is 0 Å². The van der Waals surface area contributed by atoms with Gasteiger partial charge < -0.3 is 18.8 Å². The van der Waals surface area contributed by atoms with Crippen LogP contribution in [0.3, 0.4) is 0 Å². The fourth-order valence-electron chi connectivity index (χ4n) is 3.17. The lowest BCUT2D eigenvalue weighted by atomic mass is 10.1. The first-order chi connectivity index (χ1) is 12.6. The molecule has 0 aliphatic carbocycles. The minimum absolute atomic E-state index is 0.299. The SMILES string of the molecule is CCOC(=O)c1oc2ccccc2c1C[NH+](C)Cc1ccccc1OC. The number of esters is 1. The highest BCUT2D eigenvalue weighted by Crippen LogP contribution is 2.26. The summed E-state index contributed by atoms with van der Waals surface area (Å²) in [6.07, 6.45) is 0. The molecular weight excluding hydrogens is 330 g/mol. The number of para-hydroxylation sites is 2. The average Bonchev–Trinajstić information content (AvgIpc) is 3.01. The van der Waals surface area contributed by atoms with Gasteiger partial charge in [-0.25, -0.2) is 4.79 Å². The molecule has 2 aromatic carbocycles. The Kier molecular flexibility index (Phi) is 5.58. The number of nitrogens with one attached hydrogen (secondary N) is 1. The average molecular weight is 354 g/mol. The number of hydrogen-bond donors (Lipinski definition) is 1. The fourth-order valence-corrected chi connectivity index (χ4v) is 3.17. The number of rotatable bonds is 7. The lowest BCUT2D eigenvalue weighted by Crippen LogP contribution is -3.06. The lowest BCUT2D eigenvalue weighted by Gasteiger charge is -2.16. The van der Waals surface area contributed by atoms with Gasteiger partial charge in [-0.15, -0.1) is 0 Å². The van der Waals surface area contributed by atoms with E-state index in [1.807, 2.05) is 42.5 Å². The third kappa shape index (κ3) is 3.73. The summed E-state index contributed by atoms with van der Waals surface area (Å²) in [4.78, 5) is 13.5. The number of fused-ring (bicyclic) bond motifs is 1. The van der Waals surface area contributed by atoms with Crippen molar-refractivity contribution >= 4 is 16.9 Å². The molecule has 0 spiro atoms. The van der Waals surface area contributed by atoms with E-state index in [0.29, 0.717) is 24.5 Å². The summed E-state index contributed by atoms with van der Waals surface area (Å²) in [5.41, 5.74) is 2.71. The number of carbonyl (C=O) groups excluding carboxylic acids is 1. The summed E-state index contributed by atoms with van der Waals surface area (Å²) in [6, 6.07) is 15.7. The molecule has 0 amide bonds. The predicted octanol–water partition coefficient (Wildman–Crippen LogP) is 2.83. The third-order valence-electron chi connectivity index (χ3n) is 4.32. The van der Waals surface area contributed by atoms with E-state index in [9.17, 15) is 4.79 Å². The number of benzene rings is 2. The second-order valence-electron chi connectivity index (χ2n) is 6.25. The molecule has 0 aliphatic heterocycles. The van der Waals surface area contributed by atoms with E-state index in [-0.39, 0.29) is 0 Å². The number of quaternary nitrogens is 1. The predicted molar refractivity (Wildman–Crippen MR) is 99.5 cm³/mol. The molecule has 0 fully saturated rings. The van der Waals surface area contributed by atoms with Gasteiger partial charge in [0.05, 0.1) is 26.3 Å². The first-order valence-electron chi connectivity index (χ1n) is 8.74. The van der Waals surface area contributed by atoms with E-state index in [1.54, 1.807) is 14.0 Å². The van der Waals surface area contributed by atoms with Gasteiger partial charge in [-0.3, -0.25) is 0 Å². The molecule has 3 aromatic rings. The first kappa shape index (κ1) is 18.0. The molecule has 0 bridgehead atoms. The molecule has 1 unspecified atom stereocenters. The van der Waals surface area contributed by atoms with Gasteiger partial charge in [-0.05, 0) is 25.1 Å². The van der Waals surface area contributed by atoms with E-state index in [0.717, 1.165) is 28.8 Å². The molecule has 5 heteroatoms. The molecule has 26 heavy (non-hydrogen) atoms. The van der Waals surface area contributed by atoms with Crippen molar-refractivity contribution in [3.8, 4) is 5.75 Å². The number of hydrogen-bond acceptors (Lipinski definition) is 4. The molecule has 0 saturated heterocycles. The van der Waals surface area contributed by atoms with Gasteiger partial charge in [0, 0.05) is 10.9 Å². The van der Waals surface area contributed by atoms with Crippen molar-refractivity contribution in [2.45, 2.75) is 20.0 Å². The summed E-state index contributed by atoms with van der Waals surface area (Å²) < 4.78 is 16.4. The quantitative estimate of drug-likeness (QED) is 0.663. The zero-order valence-electron chi connectivity index (χ0n) is 15.4. The lowest BCUT2D eigenvalue weighted by molar-refractivity contribution is -0.907. The monoisotopic (exact) mass is 354 g/mol. The maximum Gasteiger partial charge on any atom is 0.374 e. The molecule has 1 aromatic heterocycles. The van der Waals surface area contributed by atoms with Crippen molar-refractivity contribution in [2.75, 3.05) is 20.8 Å². The zero-order chi connectivity index (χ0) is 18.5. The van der Waals surface area contributed by atoms with Crippen LogP contribution in [0.1, 0.15) is 28.6 Å². The van der Waals surface area contributed by atoms with Crippen molar-refractivity contribution in [2.24, 2.45) is 0 Å². The van der Waals surface area contributed by atoms with Crippen LogP contribution in [0.2, 0.25) is 0 Å². The fraction of sp³-hybridized carbons (Fsp3) is 0.286. The molecule has 0 radical (unpaired) electrons. The summed E-state index contributed by atoms with van der Waals surface area (Å²) in [7, 11) is 3.76. The summed E-state index contributed by atoms with van der Waals surface area (Å²) in [6.45, 7) is 3.52. The zero-order valence-corrected chi connectivity index (χ0v) is 15.4. The maximum absolute atomic E-state index is 12.3. The number of methoxy groups -OCH3 is 1. The second-order valence-corrected chi connectivity index (χ2v) is 6.25. The molecular formula is C21H24NO4+. The Morgan fingerprint density at radius 2 is 1.81 bits per heavy atom. The molecule has 136 valence electrons. The normalized spacial score (nSPS) is 12.1. The van der Waals surface area contributed by atoms with Crippen LogP contribution in [0, 0.1) is 0 Å². The molecule has 1 atom stereocenters. The Labute approximate surface area is 153 Å². The maximum atomic E-state index is 12.3. The molecule has 0 aliphatic rings. The van der Waals surface area contributed by atoms with Crippen LogP contribution in [0.15, 0.2) is 52.9 Å². The number of carbonyl (C=O) groups is 1. The summed E-state index contributed by atoms with van der Waals surface area (Å²) in [5, 5.41) is 0.954. The van der Waals surface area contributed by atoms with Gasteiger partial charge >= 0.3 is 5.97 Å². The van der Waals surface area contributed by atoms with Crippen molar-refractivity contribution in [3.05, 3.63) is 65.4 Å². The third-order valence-corrected chi connectivity index (χ3v) is 4.32. The molecule has 5 nitrogen and oxygen atoms in total. The van der Waals surface area contributed by atoms with E-state index in [4.69, 9.17) is 13.9 Å². The van der Waals surface area contributed by atoms with Gasteiger partial charge in [0.1, 0.15) is 24.4 Å². The minimum atomic E-state index is -0.413. The Balaban J connectivity index is 1.89. The van der Waals surface area contributed by atoms with Gasteiger partial charge in [0.2, 0.25) is 5.76 Å². The van der Waals surface area contributed by atoms with Gasteiger partial charge in [-0.2, -0.15) is 0 Å². The smallest absolute Gasteiger partial charge is 0.374 e. The van der Waals surface area contributed by atoms with E-state index in [1.165, 1.54) is 4.90 Å². The van der Waals surface area contributed by atoms with Crippen LogP contribution >= 0.6 is 0 Å². The van der Waals surface area contributed by atoms with Gasteiger partial charge in [0.15, 0.2) is 0 Å². The first-order valence-corrected chi connectivity index (χ1v) is 8.74. The van der Waals surface area contributed by atoms with Gasteiger partial charge in [-0.1, -0.05) is 30.3 Å². The van der Waals surface area contributed by atoms with Gasteiger partial charge in [0.25, 0.3) is 0 Å². The molecule has 1 heterocycles. The van der Waals surface area contributed by atoms with Crippen molar-refractivity contribution in [3.63, 3.8) is 0 Å². The summed E-state index contributed by atoms with van der Waals surface area (Å²) in [5.74, 6) is 0.755. The Morgan fingerprint density at radius 1 is 1.08 bits per heavy atom. The van der Waals surface area contributed by atoms with Crippen LogP contribution in [0.5, 0.6) is 5.75 Å². The minimum Gasteiger partial charge on any atom is -0.496 e.